The summed E-state index contributed by atoms with van der Waals surface area (Å²) in [4.78, 5) is 35.4. The van der Waals surface area contributed by atoms with Crippen LogP contribution in [0.2, 0.25) is 0 Å². The van der Waals surface area contributed by atoms with E-state index >= 15 is 0 Å². The first-order chi connectivity index (χ1) is 18.3. The molecule has 8 nitrogen and oxygen atoms in total. The van der Waals surface area contributed by atoms with Gasteiger partial charge in [-0.1, -0.05) is 25.0 Å². The SMILES string of the molecule is Cc1cnc2nc(CC3C(=O)CC(CCc4ccc(C5(C#N)CC5)c(F)c4)(C4CCCC4)OC3=O)nn2c1. The summed E-state index contributed by atoms with van der Waals surface area (Å²) < 4.78 is 22.7. The van der Waals surface area contributed by atoms with E-state index in [9.17, 15) is 19.2 Å². The third-order valence-electron chi connectivity index (χ3n) is 8.65. The van der Waals surface area contributed by atoms with Gasteiger partial charge >= 0.3 is 5.97 Å². The number of cyclic esters (lactones) is 1. The summed E-state index contributed by atoms with van der Waals surface area (Å²) in [5.74, 6) is -1.08. The molecule has 0 N–H and O–H groups in total. The molecule has 6 rings (SSSR count). The molecule has 2 unspecified atom stereocenters. The lowest BCUT2D eigenvalue weighted by Gasteiger charge is -2.43. The summed E-state index contributed by atoms with van der Waals surface area (Å²) in [5, 5.41) is 13.8. The lowest BCUT2D eigenvalue weighted by Crippen LogP contribution is -2.52. The molecule has 0 radical (unpaired) electrons. The first-order valence-corrected chi connectivity index (χ1v) is 13.4. The molecular formula is C29H30FN5O3. The molecule has 2 aliphatic carbocycles. The van der Waals surface area contributed by atoms with Crippen molar-refractivity contribution in [3.63, 3.8) is 0 Å². The minimum Gasteiger partial charge on any atom is -0.458 e. The van der Waals surface area contributed by atoms with Gasteiger partial charge in [-0.2, -0.15) is 10.2 Å². The van der Waals surface area contributed by atoms with Crippen molar-refractivity contribution >= 4 is 17.5 Å². The van der Waals surface area contributed by atoms with E-state index in [4.69, 9.17) is 4.74 Å². The average Bonchev–Trinajstić information content (AvgIpc) is 3.28. The normalized spacial score (nSPS) is 24.9. The molecule has 0 amide bonds. The molecule has 3 heterocycles. The summed E-state index contributed by atoms with van der Waals surface area (Å²) in [6.45, 7) is 1.90. The zero-order valence-corrected chi connectivity index (χ0v) is 21.5. The number of nitrogens with zero attached hydrogens (tertiary/aromatic N) is 5. The fourth-order valence-electron chi connectivity index (χ4n) is 6.29. The molecule has 3 aromatic rings. The first kappa shape index (κ1) is 24.7. The van der Waals surface area contributed by atoms with Crippen LogP contribution in [0.15, 0.2) is 30.6 Å². The lowest BCUT2D eigenvalue weighted by atomic mass is 9.73. The Bertz CT molecular complexity index is 1450. The maximum atomic E-state index is 14.9. The van der Waals surface area contributed by atoms with Crippen LogP contribution in [-0.4, -0.2) is 36.9 Å². The Balaban J connectivity index is 1.20. The van der Waals surface area contributed by atoms with Crippen LogP contribution in [0.4, 0.5) is 4.39 Å². The van der Waals surface area contributed by atoms with Gasteiger partial charge in [-0.3, -0.25) is 9.59 Å². The van der Waals surface area contributed by atoms with Crippen LogP contribution in [-0.2, 0) is 32.6 Å². The molecule has 196 valence electrons. The predicted octanol–water partition coefficient (Wildman–Crippen LogP) is 4.36. The second-order valence-corrected chi connectivity index (χ2v) is 11.3. The van der Waals surface area contributed by atoms with Gasteiger partial charge in [0.2, 0.25) is 0 Å². The maximum absolute atomic E-state index is 14.9. The number of hydrogen-bond donors (Lipinski definition) is 0. The number of ether oxygens (including phenoxy) is 1. The second kappa shape index (κ2) is 9.26. The zero-order valence-electron chi connectivity index (χ0n) is 21.5. The van der Waals surface area contributed by atoms with Gasteiger partial charge in [-0.05, 0) is 68.6 Å². The fourth-order valence-corrected chi connectivity index (χ4v) is 6.29. The van der Waals surface area contributed by atoms with Crippen LogP contribution < -0.4 is 0 Å². The number of fused-ring (bicyclic) bond motifs is 1. The van der Waals surface area contributed by atoms with Crippen molar-refractivity contribution in [2.45, 2.75) is 82.1 Å². The van der Waals surface area contributed by atoms with Gasteiger partial charge in [0, 0.05) is 30.8 Å². The number of carbonyl (C=O) groups is 2. The number of ketones is 1. The molecule has 1 aromatic carbocycles. The van der Waals surface area contributed by atoms with Crippen LogP contribution in [0.25, 0.3) is 5.78 Å². The molecule has 2 saturated carbocycles. The van der Waals surface area contributed by atoms with Crippen LogP contribution in [0, 0.1) is 35.9 Å². The number of Topliss-reactive ketones (excluding diaryl/α,β-unsaturated/α-hetero) is 1. The first-order valence-electron chi connectivity index (χ1n) is 13.4. The third kappa shape index (κ3) is 4.36. The molecule has 2 aromatic heterocycles. The Hall–Kier alpha value is -3.67. The summed E-state index contributed by atoms with van der Waals surface area (Å²) in [6, 6.07) is 7.32. The highest BCUT2D eigenvalue weighted by atomic mass is 19.1. The van der Waals surface area contributed by atoms with Gasteiger partial charge in [0.15, 0.2) is 11.6 Å². The Morgan fingerprint density at radius 3 is 2.71 bits per heavy atom. The Morgan fingerprint density at radius 1 is 1.24 bits per heavy atom. The lowest BCUT2D eigenvalue weighted by molar-refractivity contribution is -0.185. The number of hydrogen-bond acceptors (Lipinski definition) is 7. The van der Waals surface area contributed by atoms with Crippen molar-refractivity contribution in [3.8, 4) is 6.07 Å². The Labute approximate surface area is 220 Å². The van der Waals surface area contributed by atoms with E-state index in [0.29, 0.717) is 42.8 Å². The fraction of sp³-hybridized carbons (Fsp3) is 0.517. The molecule has 2 atom stereocenters. The highest BCUT2D eigenvalue weighted by molar-refractivity contribution is 6.01. The summed E-state index contributed by atoms with van der Waals surface area (Å²) in [7, 11) is 0. The number of halogens is 1. The number of carbonyl (C=O) groups excluding carboxylic acids is 2. The minimum absolute atomic E-state index is 0.0775. The number of nitriles is 1. The highest BCUT2D eigenvalue weighted by Gasteiger charge is 2.52. The maximum Gasteiger partial charge on any atom is 0.317 e. The third-order valence-corrected chi connectivity index (χ3v) is 8.65. The van der Waals surface area contributed by atoms with Gasteiger partial charge in [0.05, 0.1) is 11.5 Å². The number of esters is 1. The second-order valence-electron chi connectivity index (χ2n) is 11.3. The summed E-state index contributed by atoms with van der Waals surface area (Å²) >= 11 is 0. The van der Waals surface area contributed by atoms with E-state index in [-0.39, 0.29) is 30.4 Å². The number of aromatic nitrogens is 4. The molecule has 38 heavy (non-hydrogen) atoms. The summed E-state index contributed by atoms with van der Waals surface area (Å²) in [5.41, 5.74) is 0.599. The predicted molar refractivity (Wildman–Crippen MR) is 134 cm³/mol. The zero-order chi connectivity index (χ0) is 26.5. The van der Waals surface area contributed by atoms with E-state index in [1.165, 1.54) is 6.07 Å². The minimum atomic E-state index is -0.944. The Kier molecular flexibility index (Phi) is 6.01. The van der Waals surface area contributed by atoms with Gasteiger partial charge in [0.1, 0.15) is 17.3 Å². The monoisotopic (exact) mass is 515 g/mol. The van der Waals surface area contributed by atoms with Crippen molar-refractivity contribution < 1.29 is 18.7 Å². The van der Waals surface area contributed by atoms with E-state index in [1.807, 2.05) is 13.0 Å². The molecule has 3 aliphatic rings. The van der Waals surface area contributed by atoms with Crippen LogP contribution in [0.5, 0.6) is 0 Å². The van der Waals surface area contributed by atoms with Crippen LogP contribution in [0.3, 0.4) is 0 Å². The molecule has 0 bridgehead atoms. The van der Waals surface area contributed by atoms with Crippen LogP contribution in [0.1, 0.15) is 73.9 Å². The van der Waals surface area contributed by atoms with Gasteiger partial charge in [0.25, 0.3) is 5.78 Å². The smallest absolute Gasteiger partial charge is 0.317 e. The largest absolute Gasteiger partial charge is 0.458 e. The van der Waals surface area contributed by atoms with Gasteiger partial charge in [-0.15, -0.1) is 5.10 Å². The van der Waals surface area contributed by atoms with Crippen molar-refractivity contribution in [1.29, 1.82) is 5.26 Å². The number of aryl methyl sites for hydroxylation is 2. The van der Waals surface area contributed by atoms with Gasteiger partial charge < -0.3 is 4.74 Å². The van der Waals surface area contributed by atoms with Crippen LogP contribution >= 0.6 is 0 Å². The Morgan fingerprint density at radius 2 is 2.03 bits per heavy atom. The van der Waals surface area contributed by atoms with E-state index in [1.54, 1.807) is 23.0 Å². The van der Waals surface area contributed by atoms with Gasteiger partial charge in [-0.25, -0.2) is 13.9 Å². The average molecular weight is 516 g/mol. The van der Waals surface area contributed by atoms with Crippen molar-refractivity contribution in [1.82, 2.24) is 19.6 Å². The number of benzene rings is 1. The summed E-state index contributed by atoms with van der Waals surface area (Å²) in [6.07, 6.45) is 9.92. The molecule has 1 aliphatic heterocycles. The molecule has 0 spiro atoms. The van der Waals surface area contributed by atoms with E-state index < -0.39 is 22.9 Å². The molecular weight excluding hydrogens is 485 g/mol. The van der Waals surface area contributed by atoms with E-state index in [2.05, 4.69) is 21.1 Å². The standard InChI is InChI=1S/C29H30FN5O3/c1-18-15-32-27-33-25(34-35(27)16-18)13-21-24(36)14-29(38-26(21)37,20-4-2-3-5-20)9-8-19-6-7-22(23(30)12-19)28(17-31)10-11-28/h6-7,12,15-16,20-21H,2-5,8-11,13-14H2,1H3. The molecule has 3 fully saturated rings. The molecule has 1 saturated heterocycles. The highest BCUT2D eigenvalue weighted by Crippen LogP contribution is 2.49. The van der Waals surface area contributed by atoms with Crippen molar-refractivity contribution in [2.24, 2.45) is 11.8 Å². The van der Waals surface area contributed by atoms with E-state index in [0.717, 1.165) is 36.8 Å². The molecule has 9 heteroatoms. The van der Waals surface area contributed by atoms with Crippen molar-refractivity contribution in [3.05, 3.63) is 58.9 Å². The topological polar surface area (TPSA) is 110 Å². The van der Waals surface area contributed by atoms with Crippen molar-refractivity contribution in [2.75, 3.05) is 0 Å². The quantitative estimate of drug-likeness (QED) is 0.340. The number of rotatable bonds is 7.